The Morgan fingerprint density at radius 2 is 1.83 bits per heavy atom. The van der Waals surface area contributed by atoms with Crippen LogP contribution in [0.4, 0.5) is 5.69 Å². The third-order valence-electron chi connectivity index (χ3n) is 5.05. The highest BCUT2D eigenvalue weighted by molar-refractivity contribution is 6.10. The van der Waals surface area contributed by atoms with Crippen molar-refractivity contribution >= 4 is 23.5 Å². The summed E-state index contributed by atoms with van der Waals surface area (Å²) in [6, 6.07) is 6.91. The van der Waals surface area contributed by atoms with Crippen molar-refractivity contribution in [1.29, 1.82) is 0 Å². The second-order valence-electron chi connectivity index (χ2n) is 6.76. The topological polar surface area (TPSA) is 86.7 Å². The predicted molar refractivity (Wildman–Crippen MR) is 88.7 cm³/mol. The number of benzene rings is 1. The van der Waals surface area contributed by atoms with Crippen LogP contribution in [-0.4, -0.2) is 40.4 Å². The number of carboxylic acids is 1. The Bertz CT molecular complexity index is 664. The maximum absolute atomic E-state index is 12.6. The average molecular weight is 330 g/mol. The molecular formula is C18H22N2O4. The Kier molecular flexibility index (Phi) is 4.30. The minimum Gasteiger partial charge on any atom is -0.480 e. The van der Waals surface area contributed by atoms with Crippen LogP contribution in [0.15, 0.2) is 24.3 Å². The molecule has 1 aromatic rings. The van der Waals surface area contributed by atoms with Gasteiger partial charge in [-0.3, -0.25) is 14.4 Å². The van der Waals surface area contributed by atoms with E-state index in [4.69, 9.17) is 5.11 Å². The zero-order valence-electron chi connectivity index (χ0n) is 13.7. The van der Waals surface area contributed by atoms with Crippen molar-refractivity contribution in [2.24, 2.45) is 5.41 Å². The van der Waals surface area contributed by atoms with Crippen molar-refractivity contribution in [2.45, 2.75) is 45.1 Å². The summed E-state index contributed by atoms with van der Waals surface area (Å²) < 4.78 is 0. The first-order valence-electron chi connectivity index (χ1n) is 8.40. The molecule has 0 bridgehead atoms. The van der Waals surface area contributed by atoms with Gasteiger partial charge in [0.1, 0.15) is 5.41 Å². The normalized spacial score (nSPS) is 21.9. The number of piperidine rings is 1. The lowest BCUT2D eigenvalue weighted by molar-refractivity contribution is -0.147. The van der Waals surface area contributed by atoms with E-state index in [-0.39, 0.29) is 11.9 Å². The fraction of sp³-hybridized carbons (Fsp3) is 0.500. The van der Waals surface area contributed by atoms with E-state index < -0.39 is 17.3 Å². The van der Waals surface area contributed by atoms with E-state index in [1.54, 1.807) is 24.3 Å². The van der Waals surface area contributed by atoms with E-state index in [1.165, 1.54) is 0 Å². The molecule has 1 heterocycles. The van der Waals surface area contributed by atoms with Gasteiger partial charge in [0.25, 0.3) is 5.91 Å². The first-order chi connectivity index (χ1) is 11.4. The van der Waals surface area contributed by atoms with E-state index in [9.17, 15) is 14.4 Å². The maximum atomic E-state index is 12.6. The van der Waals surface area contributed by atoms with Crippen molar-refractivity contribution in [3.05, 3.63) is 29.8 Å². The highest BCUT2D eigenvalue weighted by Gasteiger charge is 2.57. The lowest BCUT2D eigenvalue weighted by Crippen LogP contribution is -2.42. The predicted octanol–water partition coefficient (Wildman–Crippen LogP) is 2.50. The van der Waals surface area contributed by atoms with Crippen LogP contribution in [0.25, 0.3) is 0 Å². The molecule has 0 unspecified atom stereocenters. The minimum absolute atomic E-state index is 0.00396. The summed E-state index contributed by atoms with van der Waals surface area (Å²) >= 11 is 0. The fourth-order valence-corrected chi connectivity index (χ4v) is 3.18. The zero-order valence-corrected chi connectivity index (χ0v) is 13.7. The number of nitrogens with one attached hydrogen (secondary N) is 1. The molecule has 2 N–H and O–H groups in total. The SMILES string of the molecule is C[C@@H]1CCCCN1C(=O)c1ccc(NC(=O)C2(C(=O)O)CC2)cc1. The summed E-state index contributed by atoms with van der Waals surface area (Å²) in [6.07, 6.45) is 3.95. The fourth-order valence-electron chi connectivity index (χ4n) is 3.18. The second kappa shape index (κ2) is 6.26. The molecule has 1 aliphatic carbocycles. The lowest BCUT2D eigenvalue weighted by Gasteiger charge is -2.33. The quantitative estimate of drug-likeness (QED) is 0.831. The van der Waals surface area contributed by atoms with E-state index in [1.807, 2.05) is 4.90 Å². The number of hydrogen-bond donors (Lipinski definition) is 2. The summed E-state index contributed by atoms with van der Waals surface area (Å²) in [5, 5.41) is 11.8. The smallest absolute Gasteiger partial charge is 0.319 e. The summed E-state index contributed by atoms with van der Waals surface area (Å²) in [5.74, 6) is -1.56. The number of carbonyl (C=O) groups excluding carboxylic acids is 2. The Balaban J connectivity index is 1.66. The highest BCUT2D eigenvalue weighted by Crippen LogP contribution is 2.46. The van der Waals surface area contributed by atoms with Gasteiger partial charge < -0.3 is 15.3 Å². The van der Waals surface area contributed by atoms with Crippen LogP contribution < -0.4 is 5.32 Å². The molecule has 0 spiro atoms. The van der Waals surface area contributed by atoms with Crippen LogP contribution in [-0.2, 0) is 9.59 Å². The van der Waals surface area contributed by atoms with Crippen molar-refractivity contribution < 1.29 is 19.5 Å². The number of carbonyl (C=O) groups is 3. The van der Waals surface area contributed by atoms with Crippen LogP contribution >= 0.6 is 0 Å². The average Bonchev–Trinajstić information content (AvgIpc) is 3.37. The standard InChI is InChI=1S/C18H22N2O4/c1-12-4-2-3-11-20(12)15(21)13-5-7-14(8-6-13)19-16(22)18(9-10-18)17(23)24/h5-8,12H,2-4,9-11H2,1H3,(H,19,22)(H,23,24)/t12-/m1/s1. The molecule has 0 aromatic heterocycles. The number of anilines is 1. The summed E-state index contributed by atoms with van der Waals surface area (Å²) in [6.45, 7) is 2.84. The molecule has 6 nitrogen and oxygen atoms in total. The number of aliphatic carboxylic acids is 1. The number of nitrogens with zero attached hydrogens (tertiary/aromatic N) is 1. The van der Waals surface area contributed by atoms with E-state index in [2.05, 4.69) is 12.2 Å². The molecule has 1 saturated heterocycles. The van der Waals surface area contributed by atoms with Crippen LogP contribution in [0, 0.1) is 5.41 Å². The van der Waals surface area contributed by atoms with Gasteiger partial charge in [-0.05, 0) is 63.3 Å². The molecule has 2 amide bonds. The molecule has 24 heavy (non-hydrogen) atoms. The van der Waals surface area contributed by atoms with Gasteiger partial charge in [-0.1, -0.05) is 0 Å². The molecule has 1 aliphatic heterocycles. The molecule has 6 heteroatoms. The van der Waals surface area contributed by atoms with Gasteiger partial charge in [0, 0.05) is 23.8 Å². The van der Waals surface area contributed by atoms with Crippen LogP contribution in [0.3, 0.4) is 0 Å². The van der Waals surface area contributed by atoms with Crippen molar-refractivity contribution in [2.75, 3.05) is 11.9 Å². The largest absolute Gasteiger partial charge is 0.480 e. The van der Waals surface area contributed by atoms with Crippen LogP contribution in [0.5, 0.6) is 0 Å². The highest BCUT2D eigenvalue weighted by atomic mass is 16.4. The van der Waals surface area contributed by atoms with Crippen LogP contribution in [0.1, 0.15) is 49.4 Å². The zero-order chi connectivity index (χ0) is 17.3. The maximum Gasteiger partial charge on any atom is 0.319 e. The summed E-state index contributed by atoms with van der Waals surface area (Å²) in [7, 11) is 0. The van der Waals surface area contributed by atoms with Gasteiger partial charge in [0.05, 0.1) is 0 Å². The number of amides is 2. The second-order valence-corrected chi connectivity index (χ2v) is 6.76. The molecule has 128 valence electrons. The molecular weight excluding hydrogens is 308 g/mol. The molecule has 0 radical (unpaired) electrons. The summed E-state index contributed by atoms with van der Waals surface area (Å²) in [4.78, 5) is 37.7. The number of likely N-dealkylation sites (tertiary alicyclic amines) is 1. The third kappa shape index (κ3) is 3.00. The first-order valence-corrected chi connectivity index (χ1v) is 8.40. The Morgan fingerprint density at radius 1 is 1.17 bits per heavy atom. The van der Waals surface area contributed by atoms with Crippen LogP contribution in [0.2, 0.25) is 0 Å². The van der Waals surface area contributed by atoms with Gasteiger partial charge in [-0.25, -0.2) is 0 Å². The van der Waals surface area contributed by atoms with Crippen molar-refractivity contribution in [3.63, 3.8) is 0 Å². The molecule has 2 aliphatic rings. The minimum atomic E-state index is -1.27. The lowest BCUT2D eigenvalue weighted by atomic mass is 10.0. The van der Waals surface area contributed by atoms with Gasteiger partial charge in [0.15, 0.2) is 0 Å². The third-order valence-corrected chi connectivity index (χ3v) is 5.05. The Hall–Kier alpha value is -2.37. The number of hydrogen-bond acceptors (Lipinski definition) is 3. The van der Waals surface area contributed by atoms with E-state index in [0.717, 1.165) is 25.8 Å². The number of carboxylic acid groups (broad SMARTS) is 1. The molecule has 1 aromatic carbocycles. The molecule has 1 saturated carbocycles. The molecule has 3 rings (SSSR count). The van der Waals surface area contributed by atoms with Crippen molar-refractivity contribution in [1.82, 2.24) is 4.90 Å². The summed E-state index contributed by atoms with van der Waals surface area (Å²) in [5.41, 5.74) is -0.172. The van der Waals surface area contributed by atoms with Crippen molar-refractivity contribution in [3.8, 4) is 0 Å². The van der Waals surface area contributed by atoms with Gasteiger partial charge >= 0.3 is 5.97 Å². The first kappa shape index (κ1) is 16.5. The van der Waals surface area contributed by atoms with E-state index in [0.29, 0.717) is 24.1 Å². The van der Waals surface area contributed by atoms with Gasteiger partial charge in [0.2, 0.25) is 5.91 Å². The molecule has 1 atom stereocenters. The Labute approximate surface area is 140 Å². The monoisotopic (exact) mass is 330 g/mol. The van der Waals surface area contributed by atoms with Gasteiger partial charge in [-0.15, -0.1) is 0 Å². The Morgan fingerprint density at radius 3 is 2.38 bits per heavy atom. The number of rotatable bonds is 4. The van der Waals surface area contributed by atoms with E-state index >= 15 is 0 Å². The van der Waals surface area contributed by atoms with Gasteiger partial charge in [-0.2, -0.15) is 0 Å². The molecule has 2 fully saturated rings.